The molecule has 0 amide bonds. The third-order valence-electron chi connectivity index (χ3n) is 4.29. The summed E-state index contributed by atoms with van der Waals surface area (Å²) in [6, 6.07) is 23.0. The van der Waals surface area contributed by atoms with Crippen molar-refractivity contribution in [1.82, 2.24) is 0 Å². The number of hydrogen-bond donors (Lipinski definition) is 0. The van der Waals surface area contributed by atoms with Crippen molar-refractivity contribution in [2.75, 3.05) is 0 Å². The van der Waals surface area contributed by atoms with E-state index in [0.717, 1.165) is 16.5 Å². The molecule has 0 saturated carbocycles. The third kappa shape index (κ3) is 3.97. The number of hydrogen-bond acceptors (Lipinski definition) is 4. The van der Waals surface area contributed by atoms with E-state index >= 15 is 0 Å². The summed E-state index contributed by atoms with van der Waals surface area (Å²) >= 11 is 5.90. The molecule has 0 atom stereocenters. The van der Waals surface area contributed by atoms with Gasteiger partial charge in [-0.15, -0.1) is 0 Å². The molecule has 0 aliphatic rings. The van der Waals surface area contributed by atoms with Crippen LogP contribution in [0.15, 0.2) is 88.1 Å². The maximum Gasteiger partial charge on any atom is 0.344 e. The molecule has 0 aliphatic carbocycles. The molecule has 4 aromatic rings. The normalized spacial score (nSPS) is 10.8. The first-order valence-corrected chi connectivity index (χ1v) is 9.05. The minimum absolute atomic E-state index is 0.165. The van der Waals surface area contributed by atoms with Crippen LogP contribution >= 0.6 is 11.6 Å². The van der Waals surface area contributed by atoms with Crippen molar-refractivity contribution in [3.63, 3.8) is 0 Å². The predicted molar refractivity (Wildman–Crippen MR) is 109 cm³/mol. The summed E-state index contributed by atoms with van der Waals surface area (Å²) in [6.45, 7) is 0. The highest BCUT2D eigenvalue weighted by Crippen LogP contribution is 2.25. The molecule has 138 valence electrons. The maximum absolute atomic E-state index is 12.4. The summed E-state index contributed by atoms with van der Waals surface area (Å²) in [6.07, 6.45) is 0.165. The lowest BCUT2D eigenvalue weighted by Crippen LogP contribution is -2.11. The first-order chi connectivity index (χ1) is 13.6. The highest BCUT2D eigenvalue weighted by molar-refractivity contribution is 6.30. The van der Waals surface area contributed by atoms with Gasteiger partial charge in [-0.2, -0.15) is 0 Å². The second kappa shape index (κ2) is 7.71. The van der Waals surface area contributed by atoms with Gasteiger partial charge in [0.15, 0.2) is 0 Å². The van der Waals surface area contributed by atoms with Crippen molar-refractivity contribution in [2.45, 2.75) is 6.42 Å². The lowest BCUT2D eigenvalue weighted by Gasteiger charge is -2.07. The van der Waals surface area contributed by atoms with E-state index < -0.39 is 5.63 Å². The second-order valence-corrected chi connectivity index (χ2v) is 6.73. The lowest BCUT2D eigenvalue weighted by molar-refractivity contribution is -0.133. The molecule has 0 spiro atoms. The Bertz CT molecular complexity index is 1190. The summed E-state index contributed by atoms with van der Waals surface area (Å²) < 4.78 is 10.8. The second-order valence-electron chi connectivity index (χ2n) is 6.29. The first-order valence-electron chi connectivity index (χ1n) is 8.67. The van der Waals surface area contributed by atoms with Crippen molar-refractivity contribution >= 4 is 28.5 Å². The van der Waals surface area contributed by atoms with Gasteiger partial charge in [0.1, 0.15) is 11.3 Å². The summed E-state index contributed by atoms with van der Waals surface area (Å²) in [5, 5.41) is 1.32. The predicted octanol–water partition coefficient (Wildman–Crippen LogP) is 5.26. The molecule has 4 nitrogen and oxygen atoms in total. The molecule has 0 fully saturated rings. The number of rotatable bonds is 4. The number of ether oxygens (including phenoxy) is 1. The van der Waals surface area contributed by atoms with Crippen LogP contribution in [0.2, 0.25) is 5.02 Å². The van der Waals surface area contributed by atoms with Gasteiger partial charge in [0, 0.05) is 16.5 Å². The highest BCUT2D eigenvalue weighted by Gasteiger charge is 2.11. The minimum atomic E-state index is -0.470. The fraction of sp³-hybridized carbons (Fsp3) is 0.0435. The summed E-state index contributed by atoms with van der Waals surface area (Å²) in [5.74, 6) is -0.0542. The van der Waals surface area contributed by atoms with Crippen LogP contribution in [0.5, 0.6) is 5.75 Å². The van der Waals surface area contributed by atoms with Gasteiger partial charge in [0.25, 0.3) is 0 Å². The Kier molecular flexibility index (Phi) is 4.96. The van der Waals surface area contributed by atoms with Gasteiger partial charge in [-0.05, 0) is 41.5 Å². The number of carbonyl (C=O) groups excluding carboxylic acids is 1. The van der Waals surface area contributed by atoms with Gasteiger partial charge in [-0.25, -0.2) is 4.79 Å². The SMILES string of the molecule is O=C(Cc1ccccc1)Oc1ccc2cc(-c3ccc(Cl)cc3)c(=O)oc2c1. The van der Waals surface area contributed by atoms with Gasteiger partial charge in [-0.3, -0.25) is 4.79 Å². The number of esters is 1. The van der Waals surface area contributed by atoms with Crippen LogP contribution in [0, 0.1) is 0 Å². The topological polar surface area (TPSA) is 56.5 Å². The molecule has 5 heteroatoms. The Hall–Kier alpha value is -3.37. The third-order valence-corrected chi connectivity index (χ3v) is 4.54. The average molecular weight is 391 g/mol. The van der Waals surface area contributed by atoms with Crippen molar-refractivity contribution in [2.24, 2.45) is 0 Å². The molecule has 0 radical (unpaired) electrons. The van der Waals surface area contributed by atoms with Crippen LogP contribution in [0.4, 0.5) is 0 Å². The Morgan fingerprint density at radius 1 is 0.929 bits per heavy atom. The molecule has 1 heterocycles. The first kappa shape index (κ1) is 18.0. The zero-order chi connectivity index (χ0) is 19.5. The molecule has 3 aromatic carbocycles. The van der Waals surface area contributed by atoms with E-state index in [4.69, 9.17) is 20.8 Å². The lowest BCUT2D eigenvalue weighted by atomic mass is 10.1. The van der Waals surface area contributed by atoms with E-state index in [9.17, 15) is 9.59 Å². The summed E-state index contributed by atoms with van der Waals surface area (Å²) in [7, 11) is 0. The quantitative estimate of drug-likeness (QED) is 0.271. The van der Waals surface area contributed by atoms with E-state index in [2.05, 4.69) is 0 Å². The molecule has 0 unspecified atom stereocenters. The van der Waals surface area contributed by atoms with E-state index in [-0.39, 0.29) is 12.4 Å². The van der Waals surface area contributed by atoms with Crippen LogP contribution in [-0.4, -0.2) is 5.97 Å². The molecular formula is C23H15ClO4. The zero-order valence-corrected chi connectivity index (χ0v) is 15.5. The zero-order valence-electron chi connectivity index (χ0n) is 14.7. The fourth-order valence-electron chi connectivity index (χ4n) is 2.92. The maximum atomic E-state index is 12.4. The molecule has 4 rings (SSSR count). The van der Waals surface area contributed by atoms with Crippen LogP contribution in [0.25, 0.3) is 22.1 Å². The number of benzene rings is 3. The van der Waals surface area contributed by atoms with Gasteiger partial charge < -0.3 is 9.15 Å². The monoisotopic (exact) mass is 390 g/mol. The Morgan fingerprint density at radius 3 is 2.43 bits per heavy atom. The van der Waals surface area contributed by atoms with E-state index in [1.54, 1.807) is 48.5 Å². The standard InChI is InChI=1S/C23H15ClO4/c24-18-9-6-16(7-10-18)20-13-17-8-11-19(14-21(17)28-23(20)26)27-22(25)12-15-4-2-1-3-5-15/h1-11,13-14H,12H2. The van der Waals surface area contributed by atoms with Gasteiger partial charge in [0.05, 0.1) is 12.0 Å². The van der Waals surface area contributed by atoms with Crippen LogP contribution < -0.4 is 10.4 Å². The summed E-state index contributed by atoms with van der Waals surface area (Å²) in [5.41, 5.74) is 1.92. The Balaban J connectivity index is 1.59. The van der Waals surface area contributed by atoms with E-state index in [1.165, 1.54) is 0 Å². The average Bonchev–Trinajstić information content (AvgIpc) is 2.69. The molecule has 0 aliphatic heterocycles. The van der Waals surface area contributed by atoms with Gasteiger partial charge >= 0.3 is 11.6 Å². The number of fused-ring (bicyclic) bond motifs is 1. The fourth-order valence-corrected chi connectivity index (χ4v) is 3.04. The highest BCUT2D eigenvalue weighted by atomic mass is 35.5. The van der Waals surface area contributed by atoms with Crippen LogP contribution in [-0.2, 0) is 11.2 Å². The molecule has 28 heavy (non-hydrogen) atoms. The van der Waals surface area contributed by atoms with E-state index in [0.29, 0.717) is 21.9 Å². The van der Waals surface area contributed by atoms with Gasteiger partial charge in [0.2, 0.25) is 0 Å². The Morgan fingerprint density at radius 2 is 1.68 bits per heavy atom. The minimum Gasteiger partial charge on any atom is -0.426 e. The van der Waals surface area contributed by atoms with Crippen LogP contribution in [0.3, 0.4) is 0 Å². The molecule has 0 saturated heterocycles. The largest absolute Gasteiger partial charge is 0.426 e. The molecular weight excluding hydrogens is 376 g/mol. The van der Waals surface area contributed by atoms with Crippen molar-refractivity contribution in [3.8, 4) is 16.9 Å². The smallest absolute Gasteiger partial charge is 0.344 e. The number of carbonyl (C=O) groups is 1. The molecule has 0 bridgehead atoms. The van der Waals surface area contributed by atoms with Gasteiger partial charge in [-0.1, -0.05) is 54.1 Å². The van der Waals surface area contributed by atoms with Crippen molar-refractivity contribution in [3.05, 3.63) is 99.9 Å². The Labute approximate surface area is 166 Å². The summed E-state index contributed by atoms with van der Waals surface area (Å²) in [4.78, 5) is 24.5. The molecule has 0 N–H and O–H groups in total. The van der Waals surface area contributed by atoms with Crippen molar-refractivity contribution < 1.29 is 13.9 Å². The van der Waals surface area contributed by atoms with Crippen molar-refractivity contribution in [1.29, 1.82) is 0 Å². The van der Waals surface area contributed by atoms with Crippen LogP contribution in [0.1, 0.15) is 5.56 Å². The van der Waals surface area contributed by atoms with E-state index in [1.807, 2.05) is 30.3 Å². The molecule has 1 aromatic heterocycles. The number of halogens is 1.